The van der Waals surface area contributed by atoms with Crippen molar-refractivity contribution in [2.24, 2.45) is 5.92 Å². The van der Waals surface area contributed by atoms with Crippen LogP contribution in [-0.4, -0.2) is 18.2 Å². The van der Waals surface area contributed by atoms with Crippen LogP contribution < -0.4 is 5.32 Å². The minimum Gasteiger partial charge on any atom is -0.356 e. The third-order valence-electron chi connectivity index (χ3n) is 2.51. The highest BCUT2D eigenvalue weighted by molar-refractivity contribution is 5.83. The van der Waals surface area contributed by atoms with Gasteiger partial charge in [-0.05, 0) is 25.7 Å². The van der Waals surface area contributed by atoms with E-state index in [1.165, 1.54) is 26.2 Å². The molecule has 0 radical (unpaired) electrons. The van der Waals surface area contributed by atoms with Crippen LogP contribution in [0.25, 0.3) is 0 Å². The Hall–Kier alpha value is -0.860. The zero-order valence-corrected chi connectivity index (χ0v) is 8.84. The molecule has 0 aliphatic heterocycles. The van der Waals surface area contributed by atoms with Gasteiger partial charge in [-0.15, -0.1) is 0 Å². The molecule has 0 aromatic carbocycles. The van der Waals surface area contributed by atoms with Crippen LogP contribution in [-0.2, 0) is 9.59 Å². The van der Waals surface area contributed by atoms with E-state index >= 15 is 0 Å². The first-order chi connectivity index (χ1) is 6.68. The van der Waals surface area contributed by atoms with Crippen LogP contribution in [0.2, 0.25) is 0 Å². The Balaban J connectivity index is 1.88. The predicted octanol–water partition coefficient (Wildman–Crippen LogP) is 1.66. The van der Waals surface area contributed by atoms with E-state index in [1.807, 2.05) is 0 Å². The van der Waals surface area contributed by atoms with Crippen molar-refractivity contribution in [2.45, 2.75) is 45.4 Å². The minimum absolute atomic E-state index is 0.0102. The van der Waals surface area contributed by atoms with Crippen LogP contribution in [0.15, 0.2) is 0 Å². The van der Waals surface area contributed by atoms with Crippen LogP contribution >= 0.6 is 0 Å². The SMILES string of the molecule is CC(=O)CCC(=O)NCCCC1CC1. The summed E-state index contributed by atoms with van der Waals surface area (Å²) in [6.07, 6.45) is 5.78. The average Bonchev–Trinajstić information content (AvgIpc) is 2.92. The van der Waals surface area contributed by atoms with Gasteiger partial charge >= 0.3 is 0 Å². The summed E-state index contributed by atoms with van der Waals surface area (Å²) in [6.45, 7) is 2.29. The summed E-state index contributed by atoms with van der Waals surface area (Å²) in [4.78, 5) is 21.7. The molecule has 1 saturated carbocycles. The third kappa shape index (κ3) is 5.73. The van der Waals surface area contributed by atoms with Gasteiger partial charge in [-0.1, -0.05) is 12.8 Å². The first kappa shape index (κ1) is 11.2. The summed E-state index contributed by atoms with van der Waals surface area (Å²) in [5.41, 5.74) is 0. The molecule has 0 bridgehead atoms. The molecule has 0 aromatic rings. The van der Waals surface area contributed by atoms with Crippen molar-refractivity contribution in [3.05, 3.63) is 0 Å². The molecule has 14 heavy (non-hydrogen) atoms. The van der Waals surface area contributed by atoms with Gasteiger partial charge in [0.1, 0.15) is 5.78 Å². The summed E-state index contributed by atoms with van der Waals surface area (Å²) in [7, 11) is 0. The highest BCUT2D eigenvalue weighted by atomic mass is 16.2. The van der Waals surface area contributed by atoms with E-state index < -0.39 is 0 Å². The van der Waals surface area contributed by atoms with Crippen molar-refractivity contribution in [3.63, 3.8) is 0 Å². The van der Waals surface area contributed by atoms with Crippen LogP contribution in [0.1, 0.15) is 45.4 Å². The van der Waals surface area contributed by atoms with E-state index in [0.29, 0.717) is 12.8 Å². The summed E-state index contributed by atoms with van der Waals surface area (Å²) >= 11 is 0. The lowest BCUT2D eigenvalue weighted by molar-refractivity contribution is -0.124. The van der Waals surface area contributed by atoms with E-state index in [-0.39, 0.29) is 11.7 Å². The van der Waals surface area contributed by atoms with Crippen molar-refractivity contribution in [3.8, 4) is 0 Å². The predicted molar refractivity (Wildman–Crippen MR) is 54.9 cm³/mol. The molecule has 1 aliphatic carbocycles. The second kappa shape index (κ2) is 5.78. The average molecular weight is 197 g/mol. The minimum atomic E-state index is 0.0102. The van der Waals surface area contributed by atoms with Crippen LogP contribution in [0.3, 0.4) is 0 Å². The van der Waals surface area contributed by atoms with E-state index in [2.05, 4.69) is 5.32 Å². The van der Waals surface area contributed by atoms with E-state index in [0.717, 1.165) is 18.9 Å². The second-order valence-corrected chi connectivity index (χ2v) is 4.14. The van der Waals surface area contributed by atoms with E-state index in [4.69, 9.17) is 0 Å². The van der Waals surface area contributed by atoms with Gasteiger partial charge in [0, 0.05) is 19.4 Å². The zero-order chi connectivity index (χ0) is 10.4. The van der Waals surface area contributed by atoms with Gasteiger partial charge in [-0.2, -0.15) is 0 Å². The molecule has 0 saturated heterocycles. The summed E-state index contributed by atoms with van der Waals surface area (Å²) < 4.78 is 0. The monoisotopic (exact) mass is 197 g/mol. The maximum atomic E-state index is 11.1. The highest BCUT2D eigenvalue weighted by Crippen LogP contribution is 2.33. The van der Waals surface area contributed by atoms with Gasteiger partial charge in [0.15, 0.2) is 0 Å². The molecule has 1 fully saturated rings. The summed E-state index contributed by atoms with van der Waals surface area (Å²) in [6, 6.07) is 0. The Morgan fingerprint density at radius 2 is 2.00 bits per heavy atom. The number of hydrogen-bond donors (Lipinski definition) is 1. The summed E-state index contributed by atoms with van der Waals surface area (Å²) in [5, 5.41) is 2.83. The lowest BCUT2D eigenvalue weighted by Gasteiger charge is -2.03. The number of rotatable bonds is 7. The molecule has 0 aromatic heterocycles. The highest BCUT2D eigenvalue weighted by Gasteiger charge is 2.19. The molecular formula is C11H19NO2. The number of carbonyl (C=O) groups is 2. The smallest absolute Gasteiger partial charge is 0.220 e. The molecule has 0 unspecified atom stereocenters. The summed E-state index contributed by atoms with van der Waals surface area (Å²) in [5.74, 6) is 1.03. The van der Waals surface area contributed by atoms with Gasteiger partial charge < -0.3 is 10.1 Å². The molecule has 1 rings (SSSR count). The number of hydrogen-bond acceptors (Lipinski definition) is 2. The first-order valence-electron chi connectivity index (χ1n) is 5.44. The van der Waals surface area contributed by atoms with Crippen LogP contribution in [0.4, 0.5) is 0 Å². The lowest BCUT2D eigenvalue weighted by Crippen LogP contribution is -2.24. The molecule has 1 amide bonds. The quantitative estimate of drug-likeness (QED) is 0.631. The third-order valence-corrected chi connectivity index (χ3v) is 2.51. The Labute approximate surface area is 85.3 Å². The van der Waals surface area contributed by atoms with E-state index in [9.17, 15) is 9.59 Å². The maximum Gasteiger partial charge on any atom is 0.220 e. The fourth-order valence-electron chi connectivity index (χ4n) is 1.40. The number of ketones is 1. The van der Waals surface area contributed by atoms with Gasteiger partial charge in [-0.25, -0.2) is 0 Å². The Bertz CT molecular complexity index is 209. The second-order valence-electron chi connectivity index (χ2n) is 4.14. The maximum absolute atomic E-state index is 11.1. The Morgan fingerprint density at radius 3 is 2.57 bits per heavy atom. The number of Topliss-reactive ketones (excluding diaryl/α,β-unsaturated/α-hetero) is 1. The number of nitrogens with one attached hydrogen (secondary N) is 1. The molecule has 0 atom stereocenters. The largest absolute Gasteiger partial charge is 0.356 e. The van der Waals surface area contributed by atoms with Crippen molar-refractivity contribution >= 4 is 11.7 Å². The standard InChI is InChI=1S/C11H19NO2/c1-9(13)4-7-11(14)12-8-2-3-10-5-6-10/h10H,2-8H2,1H3,(H,12,14). The van der Waals surface area contributed by atoms with Gasteiger partial charge in [-0.3, -0.25) is 4.79 Å². The molecule has 0 heterocycles. The topological polar surface area (TPSA) is 46.2 Å². The molecule has 1 aliphatic rings. The fourth-order valence-corrected chi connectivity index (χ4v) is 1.40. The van der Waals surface area contributed by atoms with Crippen LogP contribution in [0.5, 0.6) is 0 Å². The fraction of sp³-hybridized carbons (Fsp3) is 0.818. The van der Waals surface area contributed by atoms with Gasteiger partial charge in [0.05, 0.1) is 0 Å². The van der Waals surface area contributed by atoms with Crippen LogP contribution in [0, 0.1) is 5.92 Å². The van der Waals surface area contributed by atoms with Crippen molar-refractivity contribution in [1.29, 1.82) is 0 Å². The normalized spacial score (nSPS) is 15.2. The molecule has 1 N–H and O–H groups in total. The number of amides is 1. The number of carbonyl (C=O) groups excluding carboxylic acids is 2. The van der Waals surface area contributed by atoms with Crippen molar-refractivity contribution in [1.82, 2.24) is 5.32 Å². The van der Waals surface area contributed by atoms with Gasteiger partial charge in [0.25, 0.3) is 0 Å². The van der Waals surface area contributed by atoms with Crippen molar-refractivity contribution in [2.75, 3.05) is 6.54 Å². The molecule has 3 heteroatoms. The lowest BCUT2D eigenvalue weighted by atomic mass is 10.2. The van der Waals surface area contributed by atoms with Gasteiger partial charge in [0.2, 0.25) is 5.91 Å². The molecular weight excluding hydrogens is 178 g/mol. The Kier molecular flexibility index (Phi) is 4.63. The van der Waals surface area contributed by atoms with E-state index in [1.54, 1.807) is 0 Å². The Morgan fingerprint density at radius 1 is 1.29 bits per heavy atom. The molecule has 0 spiro atoms. The molecule has 80 valence electrons. The zero-order valence-electron chi connectivity index (χ0n) is 8.84. The van der Waals surface area contributed by atoms with Crippen molar-refractivity contribution < 1.29 is 9.59 Å². The molecule has 3 nitrogen and oxygen atoms in total. The first-order valence-corrected chi connectivity index (χ1v) is 5.44.